The van der Waals surface area contributed by atoms with Crippen molar-refractivity contribution < 1.29 is 32.5 Å². The van der Waals surface area contributed by atoms with Crippen molar-refractivity contribution in [3.8, 4) is 17.2 Å². The number of carbonyl (C=O) groups is 3. The van der Waals surface area contributed by atoms with Crippen LogP contribution in [0.5, 0.6) is 17.2 Å². The van der Waals surface area contributed by atoms with E-state index in [4.69, 9.17) is 13.6 Å². The van der Waals surface area contributed by atoms with Crippen LogP contribution >= 0.6 is 7.82 Å². The largest absolute Gasteiger partial charge is 0.647 e. The van der Waals surface area contributed by atoms with E-state index in [1.807, 2.05) is 77.9 Å². The Labute approximate surface area is 242 Å². The van der Waals surface area contributed by atoms with Crippen LogP contribution in [0.3, 0.4) is 0 Å². The second kappa shape index (κ2) is 12.9. The van der Waals surface area contributed by atoms with Crippen LogP contribution in [0.25, 0.3) is 0 Å². The third-order valence-electron chi connectivity index (χ3n) is 7.26. The Balaban J connectivity index is 2.18. The molecule has 0 atom stereocenters. The molecule has 0 heterocycles. The average Bonchev–Trinajstić information content (AvgIpc) is 2.89. The van der Waals surface area contributed by atoms with Crippen LogP contribution < -0.4 is 13.6 Å². The molecule has 3 rings (SSSR count). The minimum absolute atomic E-state index is 0.213. The van der Waals surface area contributed by atoms with Gasteiger partial charge in [-0.2, -0.15) is 4.57 Å². The van der Waals surface area contributed by atoms with Gasteiger partial charge in [0, 0.05) is 36.0 Å². The van der Waals surface area contributed by atoms with Crippen LogP contribution in [-0.4, -0.2) is 18.9 Å². The first kappa shape index (κ1) is 31.8. The molecule has 3 aromatic carbocycles. The second-order valence-corrected chi connectivity index (χ2v) is 13.4. The first-order valence-electron chi connectivity index (χ1n) is 13.6. The zero-order valence-corrected chi connectivity index (χ0v) is 25.5. The van der Waals surface area contributed by atoms with Crippen molar-refractivity contribution in [1.82, 2.24) is 0 Å². The van der Waals surface area contributed by atoms with Crippen LogP contribution in [0.1, 0.15) is 77.5 Å². The molecule has 0 bridgehead atoms. The molecule has 0 spiro atoms. The van der Waals surface area contributed by atoms with Crippen LogP contribution in [0, 0.1) is 0 Å². The van der Waals surface area contributed by atoms with Gasteiger partial charge in [-0.25, -0.2) is 0 Å². The fourth-order valence-corrected chi connectivity index (χ4v) is 6.00. The first-order chi connectivity index (χ1) is 19.3. The molecule has 0 N–H and O–H groups in total. The summed E-state index contributed by atoms with van der Waals surface area (Å²) in [5.41, 5.74) is 0.0843. The maximum absolute atomic E-state index is 14.8. The molecule has 0 saturated heterocycles. The summed E-state index contributed by atoms with van der Waals surface area (Å²) in [5.74, 6) is 0.742. The molecule has 0 unspecified atom stereocenters. The third-order valence-corrected chi connectivity index (χ3v) is 8.52. The molecular weight excluding hydrogens is 539 g/mol. The van der Waals surface area contributed by atoms with Crippen molar-refractivity contribution in [3.05, 3.63) is 89.5 Å². The van der Waals surface area contributed by atoms with Gasteiger partial charge in [-0.15, -0.1) is 0 Å². The number of phosphoric acid groups is 1. The molecule has 0 aliphatic heterocycles. The lowest BCUT2D eigenvalue weighted by molar-refractivity contribution is -0.109. The number of para-hydroxylation sites is 3. The number of carbonyl (C=O) groups excluding carboxylic acids is 3. The minimum atomic E-state index is -4.50. The molecule has 0 fully saturated rings. The van der Waals surface area contributed by atoms with Crippen molar-refractivity contribution in [3.63, 3.8) is 0 Å². The van der Waals surface area contributed by atoms with Gasteiger partial charge in [0.15, 0.2) is 0 Å². The fraction of sp³-hybridized carbons (Fsp3) is 0.364. The summed E-state index contributed by atoms with van der Waals surface area (Å²) in [4.78, 5) is 34.3. The SMILES string of the molecule is CC(C)(CC=O)c1ccccc1OP(=O)(Oc1ccccc1C(C)(C)CC=O)Oc1ccccc1C(C)(C)CC=O. The van der Waals surface area contributed by atoms with Crippen molar-refractivity contribution in [2.24, 2.45) is 0 Å². The Hall–Kier alpha value is -3.70. The monoisotopic (exact) mass is 578 g/mol. The number of hydrogen-bond donors (Lipinski definition) is 0. The number of aldehydes is 3. The van der Waals surface area contributed by atoms with E-state index in [1.165, 1.54) is 0 Å². The second-order valence-electron chi connectivity index (χ2n) is 12.0. The zero-order valence-electron chi connectivity index (χ0n) is 24.6. The van der Waals surface area contributed by atoms with E-state index >= 15 is 0 Å². The van der Waals surface area contributed by atoms with Crippen LogP contribution in [-0.2, 0) is 35.2 Å². The highest BCUT2D eigenvalue weighted by Crippen LogP contribution is 2.54. The fourth-order valence-electron chi connectivity index (χ4n) is 4.69. The molecule has 7 nitrogen and oxygen atoms in total. The van der Waals surface area contributed by atoms with E-state index in [-0.39, 0.29) is 36.5 Å². The standard InChI is InChI=1S/C33H39O7P/c1-31(2,19-22-34)25-13-7-10-16-28(25)38-41(37,39-29-17-11-8-14-26(29)32(3,4)20-23-35)40-30-18-12-9-15-27(30)33(5,6)21-24-36/h7-18,22-24H,19-21H2,1-6H3. The molecule has 0 aliphatic rings. The highest BCUT2D eigenvalue weighted by Gasteiger charge is 2.39. The normalized spacial score (nSPS) is 12.3. The zero-order chi connectivity index (χ0) is 30.3. The Morgan fingerprint density at radius 1 is 0.512 bits per heavy atom. The van der Waals surface area contributed by atoms with Crippen LogP contribution in [0.15, 0.2) is 72.8 Å². The summed E-state index contributed by atoms with van der Waals surface area (Å²) in [6.07, 6.45) is 3.14. The maximum atomic E-state index is 14.8. The number of benzene rings is 3. The molecule has 218 valence electrons. The Bertz CT molecular complexity index is 1250. The average molecular weight is 579 g/mol. The molecule has 0 aliphatic carbocycles. The smallest absolute Gasteiger partial charge is 0.386 e. The van der Waals surface area contributed by atoms with Gasteiger partial charge in [-0.3, -0.25) is 0 Å². The van der Waals surface area contributed by atoms with E-state index in [2.05, 4.69) is 0 Å². The molecule has 0 amide bonds. The number of phosphoric ester groups is 1. The summed E-state index contributed by atoms with van der Waals surface area (Å²) in [5, 5.41) is 0. The lowest BCUT2D eigenvalue weighted by atomic mass is 9.81. The van der Waals surface area contributed by atoms with Gasteiger partial charge >= 0.3 is 7.82 Å². The highest BCUT2D eigenvalue weighted by atomic mass is 31.2. The van der Waals surface area contributed by atoms with Gasteiger partial charge in [-0.05, 0) is 34.4 Å². The predicted molar refractivity (Wildman–Crippen MR) is 160 cm³/mol. The van der Waals surface area contributed by atoms with E-state index in [1.54, 1.807) is 36.4 Å². The Morgan fingerprint density at radius 2 is 0.756 bits per heavy atom. The lowest BCUT2D eigenvalue weighted by Crippen LogP contribution is -2.22. The van der Waals surface area contributed by atoms with E-state index in [9.17, 15) is 18.9 Å². The van der Waals surface area contributed by atoms with Crippen molar-refractivity contribution >= 4 is 26.7 Å². The lowest BCUT2D eigenvalue weighted by Gasteiger charge is -2.30. The third kappa shape index (κ3) is 7.74. The summed E-state index contributed by atoms with van der Waals surface area (Å²) in [7, 11) is -4.50. The molecule has 0 aromatic heterocycles. The van der Waals surface area contributed by atoms with E-state index < -0.39 is 24.1 Å². The summed E-state index contributed by atoms with van der Waals surface area (Å²) < 4.78 is 33.3. The topological polar surface area (TPSA) is 96.0 Å². The summed E-state index contributed by atoms with van der Waals surface area (Å²) in [6, 6.07) is 21.1. The maximum Gasteiger partial charge on any atom is 0.647 e. The molecular formula is C33H39O7P. The number of rotatable bonds is 15. The van der Waals surface area contributed by atoms with Crippen molar-refractivity contribution in [2.75, 3.05) is 0 Å². The first-order valence-corrected chi connectivity index (χ1v) is 15.0. The van der Waals surface area contributed by atoms with Crippen molar-refractivity contribution in [2.45, 2.75) is 77.0 Å². The Kier molecular flexibility index (Phi) is 9.98. The predicted octanol–water partition coefficient (Wildman–Crippen LogP) is 7.93. The molecule has 0 saturated carbocycles. The highest BCUT2D eigenvalue weighted by molar-refractivity contribution is 7.49. The molecule has 41 heavy (non-hydrogen) atoms. The summed E-state index contributed by atoms with van der Waals surface area (Å²) in [6.45, 7) is 11.4. The minimum Gasteiger partial charge on any atom is -0.386 e. The van der Waals surface area contributed by atoms with Gasteiger partial charge < -0.3 is 28.0 Å². The van der Waals surface area contributed by atoms with Gasteiger partial charge in [-0.1, -0.05) is 96.1 Å². The quantitative estimate of drug-likeness (QED) is 0.133. The van der Waals surface area contributed by atoms with Gasteiger partial charge in [0.2, 0.25) is 0 Å². The Morgan fingerprint density at radius 3 is 1.00 bits per heavy atom. The molecule has 8 heteroatoms. The van der Waals surface area contributed by atoms with E-state index in [0.29, 0.717) is 16.7 Å². The van der Waals surface area contributed by atoms with Gasteiger partial charge in [0.05, 0.1) is 0 Å². The molecule has 3 aromatic rings. The molecule has 0 radical (unpaired) electrons. The van der Waals surface area contributed by atoms with Crippen molar-refractivity contribution in [1.29, 1.82) is 0 Å². The van der Waals surface area contributed by atoms with E-state index in [0.717, 1.165) is 18.9 Å². The van der Waals surface area contributed by atoms with Crippen LogP contribution in [0.2, 0.25) is 0 Å². The van der Waals surface area contributed by atoms with Gasteiger partial charge in [0.1, 0.15) is 36.1 Å². The van der Waals surface area contributed by atoms with Gasteiger partial charge in [0.25, 0.3) is 0 Å². The number of hydrogen-bond acceptors (Lipinski definition) is 7. The van der Waals surface area contributed by atoms with Crippen LogP contribution in [0.4, 0.5) is 0 Å². The summed E-state index contributed by atoms with van der Waals surface area (Å²) >= 11 is 0.